The van der Waals surface area contributed by atoms with E-state index >= 15 is 0 Å². The van der Waals surface area contributed by atoms with Crippen LogP contribution in [0.25, 0.3) is 0 Å². The minimum atomic E-state index is 0.178. The second kappa shape index (κ2) is 5.50. The molecule has 0 aromatic rings. The lowest BCUT2D eigenvalue weighted by Gasteiger charge is -2.34. The number of likely N-dealkylation sites (tertiary alicyclic amines) is 1. The quantitative estimate of drug-likeness (QED) is 0.712. The van der Waals surface area contributed by atoms with Crippen LogP contribution in [0.2, 0.25) is 0 Å². The first-order chi connectivity index (χ1) is 7.38. The zero-order valence-corrected chi connectivity index (χ0v) is 9.50. The Hall–Kier alpha value is -0.570. The van der Waals surface area contributed by atoms with Crippen molar-refractivity contribution in [3.63, 3.8) is 0 Å². The monoisotopic (exact) mass is 210 g/mol. The molecule has 2 fully saturated rings. The molecular formula is C12H22N2O. The molecule has 0 aromatic carbocycles. The molecule has 0 saturated carbocycles. The Labute approximate surface area is 92.2 Å². The molecule has 1 unspecified atom stereocenters. The van der Waals surface area contributed by atoms with Crippen molar-refractivity contribution in [2.45, 2.75) is 51.0 Å². The lowest BCUT2D eigenvalue weighted by Crippen LogP contribution is -2.51. The lowest BCUT2D eigenvalue weighted by atomic mass is 10.0. The number of nitrogens with zero attached hydrogens (tertiary/aromatic N) is 1. The Morgan fingerprint density at radius 1 is 1.00 bits per heavy atom. The number of piperidine rings is 1. The third-order valence-corrected chi connectivity index (χ3v) is 3.59. The summed E-state index contributed by atoms with van der Waals surface area (Å²) in [6.45, 7) is 3.12. The van der Waals surface area contributed by atoms with Gasteiger partial charge in [-0.1, -0.05) is 19.3 Å². The second-order valence-electron chi connectivity index (χ2n) is 4.75. The van der Waals surface area contributed by atoms with Gasteiger partial charge in [-0.05, 0) is 38.8 Å². The van der Waals surface area contributed by atoms with E-state index in [1.807, 2.05) is 0 Å². The number of hydrogen-bond donors (Lipinski definition) is 1. The molecule has 15 heavy (non-hydrogen) atoms. The number of rotatable bonds is 1. The molecule has 3 nitrogen and oxygen atoms in total. The van der Waals surface area contributed by atoms with Gasteiger partial charge in [-0.15, -0.1) is 0 Å². The van der Waals surface area contributed by atoms with Crippen LogP contribution in [0, 0.1) is 0 Å². The Bertz CT molecular complexity index is 210. The number of nitrogens with one attached hydrogen (secondary N) is 1. The van der Waals surface area contributed by atoms with Crippen molar-refractivity contribution in [1.29, 1.82) is 0 Å². The summed E-state index contributed by atoms with van der Waals surface area (Å²) in [7, 11) is 0. The Morgan fingerprint density at radius 3 is 2.33 bits per heavy atom. The second-order valence-corrected chi connectivity index (χ2v) is 4.75. The van der Waals surface area contributed by atoms with Crippen molar-refractivity contribution in [3.05, 3.63) is 0 Å². The van der Waals surface area contributed by atoms with Crippen molar-refractivity contribution < 1.29 is 4.79 Å². The van der Waals surface area contributed by atoms with E-state index in [9.17, 15) is 4.79 Å². The zero-order valence-electron chi connectivity index (χ0n) is 9.50. The minimum Gasteiger partial charge on any atom is -0.355 e. The van der Waals surface area contributed by atoms with E-state index in [4.69, 9.17) is 0 Å². The van der Waals surface area contributed by atoms with Crippen LogP contribution in [0.4, 0.5) is 0 Å². The molecular weight excluding hydrogens is 188 g/mol. The van der Waals surface area contributed by atoms with E-state index in [0.29, 0.717) is 0 Å². The first-order valence-corrected chi connectivity index (χ1v) is 6.40. The smallest absolute Gasteiger partial charge is 0.237 e. The zero-order chi connectivity index (χ0) is 10.5. The van der Waals surface area contributed by atoms with Crippen molar-refractivity contribution in [3.8, 4) is 0 Å². The van der Waals surface area contributed by atoms with Gasteiger partial charge < -0.3 is 5.32 Å². The summed E-state index contributed by atoms with van der Waals surface area (Å²) in [6, 6.07) is 0.178. The molecule has 0 aromatic heterocycles. The van der Waals surface area contributed by atoms with Gasteiger partial charge in [0.15, 0.2) is 0 Å². The lowest BCUT2D eigenvalue weighted by molar-refractivity contribution is -0.128. The van der Waals surface area contributed by atoms with Gasteiger partial charge in [-0.25, -0.2) is 0 Å². The van der Waals surface area contributed by atoms with E-state index in [-0.39, 0.29) is 11.9 Å². The number of hydrogen-bond acceptors (Lipinski definition) is 2. The van der Waals surface area contributed by atoms with Crippen LogP contribution < -0.4 is 5.32 Å². The van der Waals surface area contributed by atoms with E-state index in [1.54, 1.807) is 0 Å². The minimum absolute atomic E-state index is 0.178. The highest BCUT2D eigenvalue weighted by molar-refractivity contribution is 5.82. The molecule has 2 saturated heterocycles. The summed E-state index contributed by atoms with van der Waals surface area (Å²) in [5.41, 5.74) is 0. The first kappa shape index (κ1) is 10.9. The molecule has 2 rings (SSSR count). The molecule has 1 atom stereocenters. The van der Waals surface area contributed by atoms with Crippen molar-refractivity contribution in [1.82, 2.24) is 10.2 Å². The highest BCUT2D eigenvalue weighted by Gasteiger charge is 2.27. The molecule has 1 N–H and O–H groups in total. The van der Waals surface area contributed by atoms with Crippen LogP contribution in [-0.4, -0.2) is 36.5 Å². The summed E-state index contributed by atoms with van der Waals surface area (Å²) < 4.78 is 0. The Balaban J connectivity index is 1.90. The summed E-state index contributed by atoms with van der Waals surface area (Å²) in [6.07, 6.45) is 8.80. The normalized spacial score (nSPS) is 30.4. The third-order valence-electron chi connectivity index (χ3n) is 3.59. The number of amides is 1. The summed E-state index contributed by atoms with van der Waals surface area (Å²) in [4.78, 5) is 14.1. The maximum Gasteiger partial charge on any atom is 0.237 e. The van der Waals surface area contributed by atoms with Gasteiger partial charge in [-0.3, -0.25) is 9.69 Å². The fourth-order valence-electron chi connectivity index (χ4n) is 2.69. The van der Waals surface area contributed by atoms with Crippen molar-refractivity contribution >= 4 is 5.91 Å². The highest BCUT2D eigenvalue weighted by Crippen LogP contribution is 2.17. The molecule has 3 heteroatoms. The molecule has 0 radical (unpaired) electrons. The molecule has 0 aliphatic carbocycles. The van der Waals surface area contributed by atoms with Gasteiger partial charge in [0.2, 0.25) is 5.91 Å². The predicted molar refractivity (Wildman–Crippen MR) is 60.7 cm³/mol. The predicted octanol–water partition coefficient (Wildman–Crippen LogP) is 1.53. The topological polar surface area (TPSA) is 32.3 Å². The standard InChI is InChI=1S/C12H22N2O/c15-12-11(7-6-8-13-12)14-9-4-2-1-3-5-10-14/h11H,1-10H2,(H,13,15). The molecule has 2 heterocycles. The van der Waals surface area contributed by atoms with Crippen LogP contribution in [0.3, 0.4) is 0 Å². The first-order valence-electron chi connectivity index (χ1n) is 6.40. The van der Waals surface area contributed by atoms with E-state index in [2.05, 4.69) is 10.2 Å². The van der Waals surface area contributed by atoms with E-state index in [1.165, 1.54) is 32.1 Å². The fraction of sp³-hybridized carbons (Fsp3) is 0.917. The molecule has 2 aliphatic rings. The third kappa shape index (κ3) is 2.94. The molecule has 0 spiro atoms. The Kier molecular flexibility index (Phi) is 4.01. The van der Waals surface area contributed by atoms with Crippen molar-refractivity contribution in [2.24, 2.45) is 0 Å². The summed E-state index contributed by atoms with van der Waals surface area (Å²) in [5.74, 6) is 0.266. The van der Waals surface area contributed by atoms with Gasteiger partial charge in [0.1, 0.15) is 0 Å². The van der Waals surface area contributed by atoms with Gasteiger partial charge in [-0.2, -0.15) is 0 Å². The van der Waals surface area contributed by atoms with Crippen molar-refractivity contribution in [2.75, 3.05) is 19.6 Å². The van der Waals surface area contributed by atoms with E-state index in [0.717, 1.165) is 32.5 Å². The highest BCUT2D eigenvalue weighted by atomic mass is 16.2. The maximum absolute atomic E-state index is 11.7. The summed E-state index contributed by atoms with van der Waals surface area (Å²) >= 11 is 0. The van der Waals surface area contributed by atoms with E-state index < -0.39 is 0 Å². The Morgan fingerprint density at radius 2 is 1.67 bits per heavy atom. The van der Waals surface area contributed by atoms with Crippen LogP contribution in [0.1, 0.15) is 44.9 Å². The molecule has 2 aliphatic heterocycles. The fourth-order valence-corrected chi connectivity index (χ4v) is 2.69. The summed E-state index contributed by atoms with van der Waals surface area (Å²) in [5, 5.41) is 2.98. The van der Waals surface area contributed by atoms with Gasteiger partial charge in [0.05, 0.1) is 6.04 Å². The van der Waals surface area contributed by atoms with Crippen LogP contribution in [0.15, 0.2) is 0 Å². The van der Waals surface area contributed by atoms with Gasteiger partial charge in [0, 0.05) is 6.54 Å². The number of carbonyl (C=O) groups excluding carboxylic acids is 1. The van der Waals surface area contributed by atoms with Gasteiger partial charge in [0.25, 0.3) is 0 Å². The SMILES string of the molecule is O=C1NCCCC1N1CCCCCCC1. The molecule has 86 valence electrons. The van der Waals surface area contributed by atoms with Gasteiger partial charge >= 0.3 is 0 Å². The molecule has 0 bridgehead atoms. The van der Waals surface area contributed by atoms with Crippen LogP contribution in [0.5, 0.6) is 0 Å². The largest absolute Gasteiger partial charge is 0.355 e. The number of carbonyl (C=O) groups is 1. The van der Waals surface area contributed by atoms with Crippen LogP contribution in [-0.2, 0) is 4.79 Å². The maximum atomic E-state index is 11.7. The molecule has 1 amide bonds. The van der Waals surface area contributed by atoms with Crippen LogP contribution >= 0.6 is 0 Å². The average molecular weight is 210 g/mol. The average Bonchev–Trinajstić information content (AvgIpc) is 2.19.